The highest BCUT2D eigenvalue weighted by Gasteiger charge is 2.47. The number of rotatable bonds is 16. The number of aromatic nitrogens is 3. The van der Waals surface area contributed by atoms with Crippen LogP contribution in [0.2, 0.25) is 0 Å². The van der Waals surface area contributed by atoms with Crippen LogP contribution in [0.25, 0.3) is 6.08 Å². The molecule has 1 aliphatic heterocycles. The van der Waals surface area contributed by atoms with Crippen molar-refractivity contribution in [3.63, 3.8) is 0 Å². The van der Waals surface area contributed by atoms with Crippen LogP contribution in [-0.2, 0) is 58.2 Å². The van der Waals surface area contributed by atoms with Gasteiger partial charge in [-0.1, -0.05) is 36.4 Å². The van der Waals surface area contributed by atoms with Gasteiger partial charge in [-0.15, -0.1) is 11.8 Å². The molecule has 1 aromatic heterocycles. The Morgan fingerprint density at radius 1 is 1.09 bits per heavy atom. The largest absolute Gasteiger partial charge is 0.469 e. The molecular weight excluding hydrogens is 792 g/mol. The second-order valence-electron chi connectivity index (χ2n) is 12.6. The number of carbonyl (C=O) groups excluding carboxylic acids is 2. The van der Waals surface area contributed by atoms with Gasteiger partial charge in [0, 0.05) is 34.9 Å². The average molecular weight is 829 g/mol. The standard InChI is InChI=1S/C38H36F3N4O10PS/c1-24(57-31-19-52-36(53-20-31)6-4-3-5-28-9-7-26(16-42)14-34(28)40)38(21-45-23-43-22-44-45,33-12-11-30(39)15-35(33)41)55-37(47)32-13-27(17-54-56(48,49)50)8-10-29(32)18-51-25(2)46/h3-15,22-24,31,36H,17-21H2,1-2H3,(H2,48,49,50)/t24-,31?,36?,38-/m1/s1. The van der Waals surface area contributed by atoms with Crippen LogP contribution in [0.1, 0.15) is 52.0 Å². The Morgan fingerprint density at radius 2 is 1.86 bits per heavy atom. The number of esters is 2. The maximum absolute atomic E-state index is 16.0. The van der Waals surface area contributed by atoms with Gasteiger partial charge in [-0.05, 0) is 48.9 Å². The van der Waals surface area contributed by atoms with Crippen molar-refractivity contribution in [1.29, 1.82) is 5.26 Å². The molecule has 2 N–H and O–H groups in total. The van der Waals surface area contributed by atoms with Gasteiger partial charge >= 0.3 is 19.8 Å². The minimum atomic E-state index is -4.91. The predicted molar refractivity (Wildman–Crippen MR) is 198 cm³/mol. The average Bonchev–Trinajstić information content (AvgIpc) is 3.68. The van der Waals surface area contributed by atoms with Gasteiger partial charge in [0.05, 0.1) is 48.8 Å². The second-order valence-corrected chi connectivity index (χ2v) is 15.4. The fourth-order valence-corrected chi connectivity index (χ4v) is 7.39. The molecule has 0 spiro atoms. The molecule has 5 rings (SSSR count). The number of hydrogen-bond acceptors (Lipinski definition) is 12. The highest BCUT2D eigenvalue weighted by atomic mass is 32.2. The van der Waals surface area contributed by atoms with Gasteiger partial charge in [0.2, 0.25) is 0 Å². The van der Waals surface area contributed by atoms with Crippen molar-refractivity contribution in [2.24, 2.45) is 0 Å². The molecule has 0 unspecified atom stereocenters. The summed E-state index contributed by atoms with van der Waals surface area (Å²) in [6, 6.07) is 12.8. The first kappa shape index (κ1) is 43.0. The molecule has 14 nitrogen and oxygen atoms in total. The molecule has 0 saturated carbocycles. The number of nitrogens with zero attached hydrogens (tertiary/aromatic N) is 4. The van der Waals surface area contributed by atoms with Crippen LogP contribution < -0.4 is 0 Å². The normalized spacial score (nSPS) is 17.6. The van der Waals surface area contributed by atoms with Gasteiger partial charge in [-0.25, -0.2) is 32.2 Å². The molecule has 1 fully saturated rings. The van der Waals surface area contributed by atoms with E-state index in [-0.39, 0.29) is 59.7 Å². The summed E-state index contributed by atoms with van der Waals surface area (Å²) in [4.78, 5) is 48.5. The van der Waals surface area contributed by atoms with Crippen molar-refractivity contribution in [1.82, 2.24) is 14.8 Å². The van der Waals surface area contributed by atoms with E-state index in [4.69, 9.17) is 24.2 Å². The van der Waals surface area contributed by atoms with Crippen LogP contribution in [0.5, 0.6) is 0 Å². The van der Waals surface area contributed by atoms with E-state index in [0.717, 1.165) is 25.1 Å². The lowest BCUT2D eigenvalue weighted by Crippen LogP contribution is -2.47. The molecule has 4 aromatic rings. The highest BCUT2D eigenvalue weighted by Crippen LogP contribution is 2.43. The topological polar surface area (TPSA) is 192 Å². The molecule has 0 bridgehead atoms. The maximum atomic E-state index is 16.0. The molecule has 3 aromatic carbocycles. The van der Waals surface area contributed by atoms with Gasteiger partial charge in [0.25, 0.3) is 0 Å². The van der Waals surface area contributed by atoms with Crippen LogP contribution in [-0.4, -0.2) is 66.5 Å². The molecule has 0 aliphatic carbocycles. The van der Waals surface area contributed by atoms with E-state index in [9.17, 15) is 32.7 Å². The van der Waals surface area contributed by atoms with E-state index in [1.54, 1.807) is 25.2 Å². The molecule has 2 atom stereocenters. The third kappa shape index (κ3) is 11.9. The zero-order chi connectivity index (χ0) is 41.2. The third-order valence-electron chi connectivity index (χ3n) is 8.48. The number of ether oxygens (including phenoxy) is 4. The Balaban J connectivity index is 1.42. The number of nitriles is 1. The monoisotopic (exact) mass is 828 g/mol. The van der Waals surface area contributed by atoms with Gasteiger partial charge in [0.15, 0.2) is 11.9 Å². The smallest absolute Gasteiger partial charge is 0.461 e. The molecular formula is C38H36F3N4O10PS. The zero-order valence-electron chi connectivity index (χ0n) is 30.4. The predicted octanol–water partition coefficient (Wildman–Crippen LogP) is 6.12. The Morgan fingerprint density at radius 3 is 2.51 bits per heavy atom. The number of carbonyl (C=O) groups is 2. The Hall–Kier alpha value is -5.12. The zero-order valence-corrected chi connectivity index (χ0v) is 32.1. The minimum absolute atomic E-state index is 0.130. The first-order valence-electron chi connectivity index (χ1n) is 17.1. The summed E-state index contributed by atoms with van der Waals surface area (Å²) in [5.74, 6) is -4.18. The molecule has 1 aliphatic rings. The first-order valence-corrected chi connectivity index (χ1v) is 19.5. The summed E-state index contributed by atoms with van der Waals surface area (Å²) < 4.78 is 85.1. The molecule has 0 amide bonds. The Labute approximate surface area is 329 Å². The molecule has 1 saturated heterocycles. The van der Waals surface area contributed by atoms with E-state index in [1.807, 2.05) is 6.07 Å². The SMILES string of the molecule is CC(=O)OCc1ccc(COP(=O)(O)O)cc1C(=O)O[C@@](Cn1cncn1)(c1ccc(F)cc1F)[C@@H](C)SC1COC(C=CC=Cc2ccc(C#N)cc2F)OC1. The van der Waals surface area contributed by atoms with E-state index in [1.165, 1.54) is 65.5 Å². The molecule has 300 valence electrons. The van der Waals surface area contributed by atoms with E-state index >= 15 is 4.39 Å². The summed E-state index contributed by atoms with van der Waals surface area (Å²) in [7, 11) is -4.91. The maximum Gasteiger partial charge on any atom is 0.469 e. The van der Waals surface area contributed by atoms with Crippen molar-refractivity contribution >= 4 is 37.6 Å². The highest BCUT2D eigenvalue weighted by molar-refractivity contribution is 8.00. The van der Waals surface area contributed by atoms with E-state index < -0.39 is 66.2 Å². The minimum Gasteiger partial charge on any atom is -0.461 e. The summed E-state index contributed by atoms with van der Waals surface area (Å²) in [6.45, 7) is 1.78. The fraction of sp³-hybridized carbons (Fsp3) is 0.289. The number of phosphoric ester groups is 1. The van der Waals surface area contributed by atoms with Crippen molar-refractivity contribution in [3.05, 3.63) is 136 Å². The van der Waals surface area contributed by atoms with Gasteiger partial charge in [-0.2, -0.15) is 10.4 Å². The lowest BCUT2D eigenvalue weighted by Gasteiger charge is -2.40. The van der Waals surface area contributed by atoms with Crippen molar-refractivity contribution in [3.8, 4) is 6.07 Å². The molecule has 57 heavy (non-hydrogen) atoms. The summed E-state index contributed by atoms with van der Waals surface area (Å²) >= 11 is 1.23. The van der Waals surface area contributed by atoms with Crippen LogP contribution in [0.4, 0.5) is 13.2 Å². The fourth-order valence-electron chi connectivity index (χ4n) is 5.71. The van der Waals surface area contributed by atoms with Crippen LogP contribution in [0.3, 0.4) is 0 Å². The summed E-state index contributed by atoms with van der Waals surface area (Å²) in [5, 5.41) is 11.8. The van der Waals surface area contributed by atoms with Crippen molar-refractivity contribution in [2.75, 3.05) is 13.2 Å². The van der Waals surface area contributed by atoms with Gasteiger partial charge in [-0.3, -0.25) is 9.32 Å². The van der Waals surface area contributed by atoms with Crippen LogP contribution in [0, 0.1) is 28.8 Å². The van der Waals surface area contributed by atoms with Crippen molar-refractivity contribution in [2.45, 2.75) is 56.0 Å². The first-order chi connectivity index (χ1) is 27.2. The summed E-state index contributed by atoms with van der Waals surface area (Å²) in [5.41, 5.74) is -1.58. The third-order valence-corrected chi connectivity index (χ3v) is 10.4. The summed E-state index contributed by atoms with van der Waals surface area (Å²) in [6.07, 6.45) is 8.11. The lowest BCUT2D eigenvalue weighted by molar-refractivity contribution is -0.146. The number of benzene rings is 3. The lowest BCUT2D eigenvalue weighted by atomic mass is 9.89. The number of thioether (sulfide) groups is 1. The number of allylic oxidation sites excluding steroid dienone is 2. The van der Waals surface area contributed by atoms with E-state index in [0.29, 0.717) is 6.07 Å². The van der Waals surface area contributed by atoms with Crippen molar-refractivity contribution < 1.29 is 60.6 Å². The van der Waals surface area contributed by atoms with E-state index in [2.05, 4.69) is 14.6 Å². The number of halogens is 3. The van der Waals surface area contributed by atoms with Gasteiger partial charge < -0.3 is 28.7 Å². The molecule has 0 radical (unpaired) electrons. The second kappa shape index (κ2) is 19.4. The quantitative estimate of drug-likeness (QED) is 0.0745. The number of phosphoric acid groups is 1. The Bertz CT molecular complexity index is 2210. The van der Waals surface area contributed by atoms with Crippen LogP contribution >= 0.6 is 19.6 Å². The molecule has 2 heterocycles. The van der Waals surface area contributed by atoms with Crippen LogP contribution in [0.15, 0.2) is 85.5 Å². The van der Waals surface area contributed by atoms with Gasteiger partial charge in [0.1, 0.15) is 36.7 Å². The number of hydrogen-bond donors (Lipinski definition) is 2. The molecule has 19 heteroatoms. The Kier molecular flexibility index (Phi) is 14.6.